The summed E-state index contributed by atoms with van der Waals surface area (Å²) in [6.45, 7) is 2.91. The summed E-state index contributed by atoms with van der Waals surface area (Å²) >= 11 is 1.23. The molecule has 0 amide bonds. The molecule has 1 aromatic heterocycles. The van der Waals surface area contributed by atoms with Crippen LogP contribution in [0.1, 0.15) is 13.8 Å². The second-order valence-electron chi connectivity index (χ2n) is 3.15. The maximum absolute atomic E-state index is 11.7. The fraction of sp³-hybridized carbons (Fsp3) is 0.429. The molecule has 0 aromatic carbocycles. The zero-order chi connectivity index (χ0) is 10.1. The maximum Gasteiger partial charge on any atom is 0.146 e. The van der Waals surface area contributed by atoms with Crippen LogP contribution in [0.3, 0.4) is 0 Å². The summed E-state index contributed by atoms with van der Waals surface area (Å²) in [7, 11) is -3.06. The quantitative estimate of drug-likeness (QED) is 0.673. The lowest BCUT2D eigenvalue weighted by Gasteiger charge is -2.20. The SMILES string of the molecule is CC(C)(O)NS(=N)(=O)c1cccs1. The van der Waals surface area contributed by atoms with E-state index < -0.39 is 15.6 Å². The summed E-state index contributed by atoms with van der Waals surface area (Å²) in [5.74, 6) is 0. The normalized spacial score (nSPS) is 16.8. The van der Waals surface area contributed by atoms with E-state index in [-0.39, 0.29) is 0 Å². The van der Waals surface area contributed by atoms with Crippen molar-refractivity contribution < 1.29 is 9.32 Å². The Hall–Kier alpha value is -0.430. The van der Waals surface area contributed by atoms with Crippen molar-refractivity contribution in [2.24, 2.45) is 0 Å². The van der Waals surface area contributed by atoms with Crippen LogP contribution in [0.25, 0.3) is 0 Å². The highest BCUT2D eigenvalue weighted by Gasteiger charge is 2.20. The molecule has 4 nitrogen and oxygen atoms in total. The molecule has 0 saturated carbocycles. The molecule has 1 rings (SSSR count). The van der Waals surface area contributed by atoms with Crippen LogP contribution in [-0.4, -0.2) is 15.0 Å². The van der Waals surface area contributed by atoms with E-state index in [1.807, 2.05) is 0 Å². The molecular weight excluding hydrogens is 208 g/mol. The Bertz CT molecular complexity index is 362. The lowest BCUT2D eigenvalue weighted by molar-refractivity contribution is 0.0700. The highest BCUT2D eigenvalue weighted by molar-refractivity contribution is 7.92. The van der Waals surface area contributed by atoms with Crippen LogP contribution in [0.5, 0.6) is 0 Å². The Labute approximate surface area is 81.7 Å². The van der Waals surface area contributed by atoms with E-state index in [1.165, 1.54) is 25.2 Å². The summed E-state index contributed by atoms with van der Waals surface area (Å²) in [5, 5.41) is 11.1. The van der Waals surface area contributed by atoms with Gasteiger partial charge < -0.3 is 5.11 Å². The van der Waals surface area contributed by atoms with Gasteiger partial charge in [-0.15, -0.1) is 11.3 Å². The van der Waals surface area contributed by atoms with Crippen molar-refractivity contribution >= 4 is 21.3 Å². The van der Waals surface area contributed by atoms with Gasteiger partial charge in [0.2, 0.25) is 0 Å². The van der Waals surface area contributed by atoms with Gasteiger partial charge >= 0.3 is 0 Å². The Morgan fingerprint density at radius 3 is 2.69 bits per heavy atom. The van der Waals surface area contributed by atoms with Gasteiger partial charge in [0.1, 0.15) is 19.8 Å². The van der Waals surface area contributed by atoms with E-state index in [9.17, 15) is 9.32 Å². The summed E-state index contributed by atoms with van der Waals surface area (Å²) in [6, 6.07) is 3.33. The first-order valence-electron chi connectivity index (χ1n) is 3.65. The molecule has 1 atom stereocenters. The average molecular weight is 220 g/mol. The third-order valence-electron chi connectivity index (χ3n) is 1.17. The minimum absolute atomic E-state index is 0.426. The average Bonchev–Trinajstić information content (AvgIpc) is 2.29. The molecule has 0 bridgehead atoms. The van der Waals surface area contributed by atoms with Crippen LogP contribution < -0.4 is 4.72 Å². The molecule has 1 aromatic rings. The molecule has 0 aliphatic carbocycles. The summed E-state index contributed by atoms with van der Waals surface area (Å²) in [5.41, 5.74) is -1.30. The standard InChI is InChI=1S/C7H12N2O2S2/c1-7(2,10)9-13(8,11)6-4-3-5-12-6/h3-5,10H,1-2H3,(H2,8,9,11). The summed E-state index contributed by atoms with van der Waals surface area (Å²) < 4.78 is 22.0. The fourth-order valence-corrected chi connectivity index (χ4v) is 3.19. The zero-order valence-corrected chi connectivity index (χ0v) is 9.04. The maximum atomic E-state index is 11.7. The van der Waals surface area contributed by atoms with Gasteiger partial charge in [-0.05, 0) is 25.3 Å². The van der Waals surface area contributed by atoms with Crippen molar-refractivity contribution in [1.29, 1.82) is 4.78 Å². The third-order valence-corrected chi connectivity index (χ3v) is 4.32. The van der Waals surface area contributed by atoms with Gasteiger partial charge in [-0.3, -0.25) is 0 Å². The third kappa shape index (κ3) is 3.07. The van der Waals surface area contributed by atoms with Gasteiger partial charge in [0.25, 0.3) is 0 Å². The number of aliphatic hydroxyl groups is 1. The van der Waals surface area contributed by atoms with Crippen molar-refractivity contribution in [2.45, 2.75) is 23.8 Å². The number of hydrogen-bond acceptors (Lipinski definition) is 4. The van der Waals surface area contributed by atoms with E-state index in [0.717, 1.165) is 0 Å². The predicted molar refractivity (Wildman–Crippen MR) is 52.9 cm³/mol. The monoisotopic (exact) mass is 220 g/mol. The van der Waals surface area contributed by atoms with E-state index in [1.54, 1.807) is 17.5 Å². The molecular formula is C7H12N2O2S2. The fourth-order valence-electron chi connectivity index (χ4n) is 0.829. The second kappa shape index (κ2) is 3.38. The predicted octanol–water partition coefficient (Wildman–Crippen LogP) is 1.39. The van der Waals surface area contributed by atoms with Gasteiger partial charge in [0.15, 0.2) is 0 Å². The van der Waals surface area contributed by atoms with Crippen molar-refractivity contribution in [1.82, 2.24) is 4.72 Å². The molecule has 6 heteroatoms. The molecule has 0 spiro atoms. The summed E-state index contributed by atoms with van der Waals surface area (Å²) in [6.07, 6.45) is 0. The largest absolute Gasteiger partial charge is 0.376 e. The molecule has 13 heavy (non-hydrogen) atoms. The highest BCUT2D eigenvalue weighted by Crippen LogP contribution is 2.17. The van der Waals surface area contributed by atoms with Gasteiger partial charge in [-0.25, -0.2) is 8.99 Å². The molecule has 74 valence electrons. The van der Waals surface area contributed by atoms with Gasteiger partial charge in [0.05, 0.1) is 0 Å². The number of hydrogen-bond donors (Lipinski definition) is 3. The van der Waals surface area contributed by atoms with Crippen molar-refractivity contribution in [3.8, 4) is 0 Å². The lowest BCUT2D eigenvalue weighted by atomic mass is 10.4. The van der Waals surface area contributed by atoms with E-state index >= 15 is 0 Å². The first kappa shape index (κ1) is 10.6. The topological polar surface area (TPSA) is 73.2 Å². The van der Waals surface area contributed by atoms with Crippen LogP contribution >= 0.6 is 11.3 Å². The molecule has 3 N–H and O–H groups in total. The van der Waals surface area contributed by atoms with Crippen molar-refractivity contribution in [2.75, 3.05) is 0 Å². The smallest absolute Gasteiger partial charge is 0.146 e. The van der Waals surface area contributed by atoms with Gasteiger partial charge in [-0.1, -0.05) is 6.07 Å². The van der Waals surface area contributed by atoms with Crippen LogP contribution in [0, 0.1) is 4.78 Å². The Balaban J connectivity index is 2.93. The van der Waals surface area contributed by atoms with Gasteiger partial charge in [0, 0.05) is 0 Å². The van der Waals surface area contributed by atoms with Gasteiger partial charge in [-0.2, -0.15) is 4.72 Å². The molecule has 0 aliphatic rings. The van der Waals surface area contributed by atoms with Crippen molar-refractivity contribution in [3.63, 3.8) is 0 Å². The van der Waals surface area contributed by atoms with Crippen LogP contribution in [0.2, 0.25) is 0 Å². The number of rotatable bonds is 3. The first-order valence-corrected chi connectivity index (χ1v) is 6.09. The lowest BCUT2D eigenvalue weighted by Crippen LogP contribution is -2.42. The second-order valence-corrected chi connectivity index (χ2v) is 6.11. The minimum atomic E-state index is -3.06. The number of thiophene rings is 1. The van der Waals surface area contributed by atoms with Crippen LogP contribution in [0.4, 0.5) is 0 Å². The minimum Gasteiger partial charge on any atom is -0.376 e. The zero-order valence-electron chi connectivity index (χ0n) is 7.40. The molecule has 0 aliphatic heterocycles. The molecule has 1 heterocycles. The van der Waals surface area contributed by atoms with Crippen LogP contribution in [0.15, 0.2) is 21.7 Å². The molecule has 0 radical (unpaired) electrons. The van der Waals surface area contributed by atoms with E-state index in [2.05, 4.69) is 4.72 Å². The Morgan fingerprint density at radius 1 is 1.69 bits per heavy atom. The first-order chi connectivity index (χ1) is 5.81. The highest BCUT2D eigenvalue weighted by atomic mass is 32.2. The van der Waals surface area contributed by atoms with E-state index in [0.29, 0.717) is 4.21 Å². The molecule has 1 unspecified atom stereocenters. The molecule has 0 fully saturated rings. The van der Waals surface area contributed by atoms with E-state index in [4.69, 9.17) is 4.78 Å². The molecule has 0 saturated heterocycles. The van der Waals surface area contributed by atoms with Crippen molar-refractivity contribution in [3.05, 3.63) is 17.5 Å². The number of nitrogens with one attached hydrogen (secondary N) is 2. The summed E-state index contributed by atoms with van der Waals surface area (Å²) in [4.78, 5) is 0. The Kier molecular flexibility index (Phi) is 2.76. The Morgan fingerprint density at radius 2 is 2.31 bits per heavy atom. The van der Waals surface area contributed by atoms with Crippen LogP contribution in [-0.2, 0) is 9.92 Å².